The first-order chi connectivity index (χ1) is 25.9. The number of carbonyl (C=O) groups is 1. The highest BCUT2D eigenvalue weighted by molar-refractivity contribution is 7.80. The van der Waals surface area contributed by atoms with Crippen LogP contribution in [0.5, 0.6) is 0 Å². The Balaban J connectivity index is 2.61. The second-order valence-electron chi connectivity index (χ2n) is 15.4. The number of aliphatic hydroxyl groups is 5. The topological polar surface area (TPSA) is 212 Å². The van der Waals surface area contributed by atoms with Crippen LogP contribution in [0.4, 0.5) is 0 Å². The fourth-order valence-electron chi connectivity index (χ4n) is 7.05. The molecule has 54 heavy (non-hydrogen) atoms. The van der Waals surface area contributed by atoms with Gasteiger partial charge in [-0.1, -0.05) is 174 Å². The van der Waals surface area contributed by atoms with Crippen LogP contribution in [0.2, 0.25) is 0 Å². The van der Waals surface area contributed by atoms with Gasteiger partial charge in [0, 0.05) is 0 Å². The molecule has 7 N–H and O–H groups in total. The van der Waals surface area contributed by atoms with Crippen LogP contribution in [-0.2, 0) is 28.9 Å². The third-order valence-electron chi connectivity index (χ3n) is 10.5. The van der Waals surface area contributed by atoms with Crippen molar-refractivity contribution in [1.82, 2.24) is 5.32 Å². The molecular weight excluding hydrogens is 719 g/mol. The predicted molar refractivity (Wildman–Crippen MR) is 210 cm³/mol. The van der Waals surface area contributed by atoms with Crippen molar-refractivity contribution in [3.63, 3.8) is 0 Å². The van der Waals surface area contributed by atoms with Gasteiger partial charge in [0.2, 0.25) is 5.91 Å². The van der Waals surface area contributed by atoms with Crippen molar-refractivity contribution in [2.75, 3.05) is 13.2 Å². The van der Waals surface area contributed by atoms with E-state index < -0.39 is 78.5 Å². The molecule has 0 spiro atoms. The fourth-order valence-corrected chi connectivity index (χ4v) is 7.56. The molecule has 0 aliphatic carbocycles. The minimum Gasteiger partial charge on any atom is -0.394 e. The van der Waals surface area contributed by atoms with Crippen molar-refractivity contribution in [1.29, 1.82) is 0 Å². The van der Waals surface area contributed by atoms with Crippen LogP contribution in [0.1, 0.15) is 187 Å². The summed E-state index contributed by atoms with van der Waals surface area (Å²) in [6.45, 7) is 3.25. The minimum atomic E-state index is -5.10. The molecule has 0 radical (unpaired) electrons. The third-order valence-corrected chi connectivity index (χ3v) is 11.0. The highest BCUT2D eigenvalue weighted by Gasteiger charge is 2.48. The predicted octanol–water partition coefficient (Wildman–Crippen LogP) is 6.41. The van der Waals surface area contributed by atoms with Gasteiger partial charge in [-0.3, -0.25) is 9.35 Å². The monoisotopic (exact) mass is 798 g/mol. The van der Waals surface area contributed by atoms with Crippen LogP contribution in [0, 0.1) is 0 Å². The van der Waals surface area contributed by atoms with E-state index in [1.807, 2.05) is 0 Å². The van der Waals surface area contributed by atoms with Crippen LogP contribution >= 0.6 is 0 Å². The molecule has 1 amide bonds. The SMILES string of the molecule is CCCCCCCCCCCCCCCCCC(O)C(COC1OC(CO)C(O)C(OS(=O)(=O)O)C1O)NC(=O)C(O)CCCCCCCCCCCC. The molecule has 322 valence electrons. The molecule has 1 saturated heterocycles. The summed E-state index contributed by atoms with van der Waals surface area (Å²) in [4.78, 5) is 13.0. The van der Waals surface area contributed by atoms with E-state index in [-0.39, 0.29) is 6.42 Å². The van der Waals surface area contributed by atoms with Gasteiger partial charge < -0.3 is 40.3 Å². The van der Waals surface area contributed by atoms with Gasteiger partial charge in [0.05, 0.1) is 25.4 Å². The average molecular weight is 798 g/mol. The maximum absolute atomic E-state index is 13.0. The number of hydrogen-bond acceptors (Lipinski definition) is 11. The number of unbranched alkanes of at least 4 members (excludes halogenated alkanes) is 23. The lowest BCUT2D eigenvalue weighted by Gasteiger charge is -2.41. The molecular formula is C40H79NO12S. The minimum absolute atomic E-state index is 0.264. The Morgan fingerprint density at radius 2 is 1.07 bits per heavy atom. The zero-order valence-corrected chi connectivity index (χ0v) is 34.5. The molecule has 0 saturated carbocycles. The third kappa shape index (κ3) is 24.6. The first-order valence-electron chi connectivity index (χ1n) is 21.5. The zero-order chi connectivity index (χ0) is 40.0. The lowest BCUT2D eigenvalue weighted by molar-refractivity contribution is -0.298. The molecule has 8 unspecified atom stereocenters. The molecule has 1 rings (SSSR count). The largest absolute Gasteiger partial charge is 0.397 e. The molecule has 1 fully saturated rings. The molecule has 8 atom stereocenters. The Bertz CT molecular complexity index is 1010. The van der Waals surface area contributed by atoms with Crippen molar-refractivity contribution in [3.05, 3.63) is 0 Å². The normalized spacial score (nSPS) is 22.3. The summed E-state index contributed by atoms with van der Waals surface area (Å²) >= 11 is 0. The number of rotatable bonds is 36. The van der Waals surface area contributed by atoms with Crippen molar-refractivity contribution in [3.8, 4) is 0 Å². The fraction of sp³-hybridized carbons (Fsp3) is 0.975. The van der Waals surface area contributed by atoms with E-state index in [1.165, 1.54) is 109 Å². The zero-order valence-electron chi connectivity index (χ0n) is 33.7. The van der Waals surface area contributed by atoms with E-state index in [0.717, 1.165) is 38.5 Å². The van der Waals surface area contributed by atoms with Crippen LogP contribution in [0.15, 0.2) is 0 Å². The molecule has 0 aromatic rings. The summed E-state index contributed by atoms with van der Waals surface area (Å²) in [6.07, 6.45) is 18.7. The highest BCUT2D eigenvalue weighted by atomic mass is 32.3. The molecule has 0 aromatic heterocycles. The van der Waals surface area contributed by atoms with E-state index in [1.54, 1.807) is 0 Å². The van der Waals surface area contributed by atoms with E-state index in [2.05, 4.69) is 23.3 Å². The summed E-state index contributed by atoms with van der Waals surface area (Å²) in [5.74, 6) is -0.670. The molecule has 0 aromatic carbocycles. The first kappa shape index (κ1) is 51.1. The lowest BCUT2D eigenvalue weighted by Crippen LogP contribution is -2.61. The Kier molecular flexibility index (Phi) is 30.3. The molecule has 13 nitrogen and oxygen atoms in total. The van der Waals surface area contributed by atoms with Crippen LogP contribution in [0.25, 0.3) is 0 Å². The van der Waals surface area contributed by atoms with Crippen LogP contribution < -0.4 is 5.32 Å². The van der Waals surface area contributed by atoms with Gasteiger partial charge >= 0.3 is 10.4 Å². The number of amides is 1. The van der Waals surface area contributed by atoms with Gasteiger partial charge in [-0.25, -0.2) is 4.18 Å². The van der Waals surface area contributed by atoms with Crippen LogP contribution in [0.3, 0.4) is 0 Å². The lowest BCUT2D eigenvalue weighted by atomic mass is 9.99. The molecule has 1 aliphatic heterocycles. The second-order valence-corrected chi connectivity index (χ2v) is 16.5. The molecule has 1 aliphatic rings. The summed E-state index contributed by atoms with van der Waals surface area (Å²) in [5.41, 5.74) is 0. The first-order valence-corrected chi connectivity index (χ1v) is 22.9. The quantitative estimate of drug-likeness (QED) is 0.0271. The second kappa shape index (κ2) is 32.1. The standard InChI is InChI=1S/C40H79NO12S/c1-3-5-7-9-11-13-15-16-17-18-19-21-22-24-26-28-33(43)32(41-39(47)34(44)29-27-25-23-20-14-12-10-8-6-4-2)31-51-40-37(46)38(53-54(48,49)50)36(45)35(30-42)52-40/h32-38,40,42-46H,3-31H2,1-2H3,(H,41,47)(H,48,49,50). The highest BCUT2D eigenvalue weighted by Crippen LogP contribution is 2.26. The molecule has 0 bridgehead atoms. The number of hydrogen-bond donors (Lipinski definition) is 7. The Morgan fingerprint density at radius 3 is 1.48 bits per heavy atom. The van der Waals surface area contributed by atoms with E-state index >= 15 is 0 Å². The number of aliphatic hydroxyl groups excluding tert-OH is 5. The van der Waals surface area contributed by atoms with Crippen molar-refractivity contribution in [2.24, 2.45) is 0 Å². The van der Waals surface area contributed by atoms with Crippen LogP contribution in [-0.4, -0.2) is 107 Å². The van der Waals surface area contributed by atoms with Gasteiger partial charge in [0.1, 0.15) is 30.5 Å². The number of ether oxygens (including phenoxy) is 2. The summed E-state index contributed by atoms with van der Waals surface area (Å²) in [6, 6.07) is -1.03. The van der Waals surface area contributed by atoms with E-state index in [9.17, 15) is 38.7 Å². The number of nitrogens with one attached hydrogen (secondary N) is 1. The van der Waals surface area contributed by atoms with Gasteiger partial charge in [0.25, 0.3) is 0 Å². The van der Waals surface area contributed by atoms with Crippen molar-refractivity contribution >= 4 is 16.3 Å². The molecule has 14 heteroatoms. The molecule has 1 heterocycles. The van der Waals surface area contributed by atoms with Crippen molar-refractivity contribution < 1.29 is 57.0 Å². The number of carbonyl (C=O) groups excluding carboxylic acids is 1. The Labute approximate surface area is 327 Å². The Hall–Kier alpha value is -0.940. The van der Waals surface area contributed by atoms with Gasteiger partial charge in [0.15, 0.2) is 6.29 Å². The Morgan fingerprint density at radius 1 is 0.667 bits per heavy atom. The van der Waals surface area contributed by atoms with Gasteiger partial charge in [-0.15, -0.1) is 0 Å². The maximum atomic E-state index is 13.0. The summed E-state index contributed by atoms with van der Waals surface area (Å²) < 4.78 is 47.4. The smallest absolute Gasteiger partial charge is 0.394 e. The van der Waals surface area contributed by atoms with E-state index in [4.69, 9.17) is 14.0 Å². The van der Waals surface area contributed by atoms with Crippen molar-refractivity contribution in [2.45, 2.75) is 236 Å². The summed E-state index contributed by atoms with van der Waals surface area (Å²) in [5, 5.41) is 55.1. The van der Waals surface area contributed by atoms with E-state index in [0.29, 0.717) is 19.3 Å². The van der Waals surface area contributed by atoms with Gasteiger partial charge in [-0.2, -0.15) is 8.42 Å². The average Bonchev–Trinajstić information content (AvgIpc) is 3.14. The summed E-state index contributed by atoms with van der Waals surface area (Å²) in [7, 11) is -5.10. The van der Waals surface area contributed by atoms with Gasteiger partial charge in [-0.05, 0) is 12.8 Å². The maximum Gasteiger partial charge on any atom is 0.397 e.